The van der Waals surface area contributed by atoms with Crippen molar-refractivity contribution in [1.82, 2.24) is 9.97 Å². The lowest BCUT2D eigenvalue weighted by molar-refractivity contribution is 0.180. The number of halogens is 1. The molecule has 0 aliphatic heterocycles. The number of rotatable bonds is 3. The highest BCUT2D eigenvalue weighted by molar-refractivity contribution is 9.10. The van der Waals surface area contributed by atoms with Crippen molar-refractivity contribution in [3.8, 4) is 0 Å². The number of ether oxygens (including phenoxy) is 1. The van der Waals surface area contributed by atoms with Crippen molar-refractivity contribution in [1.29, 1.82) is 0 Å². The topological polar surface area (TPSA) is 35.0 Å². The van der Waals surface area contributed by atoms with Crippen molar-refractivity contribution in [3.05, 3.63) is 22.2 Å². The molecule has 1 fully saturated rings. The van der Waals surface area contributed by atoms with Gasteiger partial charge in [-0.25, -0.2) is 9.97 Å². The Labute approximate surface area is 98.4 Å². The molecule has 4 heteroatoms. The zero-order valence-corrected chi connectivity index (χ0v) is 10.5. The van der Waals surface area contributed by atoms with E-state index in [9.17, 15) is 0 Å². The maximum absolute atomic E-state index is 5.11. The van der Waals surface area contributed by atoms with E-state index < -0.39 is 0 Å². The largest absolute Gasteiger partial charge is 0.378 e. The standard InChI is InChI=1S/C11H15BrN2O/c1-15-7-10-9(12)6-13-11(14-10)8-4-2-3-5-8/h6,8H,2-5,7H2,1H3. The summed E-state index contributed by atoms with van der Waals surface area (Å²) in [4.78, 5) is 8.95. The summed E-state index contributed by atoms with van der Waals surface area (Å²) >= 11 is 3.44. The first-order valence-corrected chi connectivity index (χ1v) is 6.11. The average Bonchev–Trinajstić information content (AvgIpc) is 2.75. The van der Waals surface area contributed by atoms with Crippen molar-refractivity contribution in [3.63, 3.8) is 0 Å². The summed E-state index contributed by atoms with van der Waals surface area (Å²) in [5.74, 6) is 1.55. The highest BCUT2D eigenvalue weighted by Crippen LogP contribution is 2.32. The molecule has 0 spiro atoms. The van der Waals surface area contributed by atoms with Crippen LogP contribution in [0.3, 0.4) is 0 Å². The lowest BCUT2D eigenvalue weighted by Gasteiger charge is -2.09. The van der Waals surface area contributed by atoms with Gasteiger partial charge in [0.05, 0.1) is 16.8 Å². The Kier molecular flexibility index (Phi) is 3.70. The van der Waals surface area contributed by atoms with Crippen molar-refractivity contribution in [2.45, 2.75) is 38.2 Å². The van der Waals surface area contributed by atoms with Gasteiger partial charge in [-0.2, -0.15) is 0 Å². The molecule has 0 radical (unpaired) electrons. The average molecular weight is 271 g/mol. The first-order valence-electron chi connectivity index (χ1n) is 5.31. The smallest absolute Gasteiger partial charge is 0.131 e. The lowest BCUT2D eigenvalue weighted by Crippen LogP contribution is -2.04. The van der Waals surface area contributed by atoms with E-state index in [0.717, 1.165) is 16.0 Å². The molecule has 3 nitrogen and oxygen atoms in total. The molecule has 1 saturated carbocycles. The van der Waals surface area contributed by atoms with Gasteiger partial charge in [-0.05, 0) is 28.8 Å². The molecule has 0 N–H and O–H groups in total. The van der Waals surface area contributed by atoms with Crippen LogP contribution in [0.25, 0.3) is 0 Å². The second-order valence-corrected chi connectivity index (χ2v) is 4.79. The lowest BCUT2D eigenvalue weighted by atomic mass is 10.1. The van der Waals surface area contributed by atoms with Crippen LogP contribution in [0.15, 0.2) is 10.7 Å². The van der Waals surface area contributed by atoms with Gasteiger partial charge in [0.15, 0.2) is 0 Å². The first-order chi connectivity index (χ1) is 7.31. The fourth-order valence-corrected chi connectivity index (χ4v) is 2.34. The quantitative estimate of drug-likeness (QED) is 0.847. The molecule has 1 heterocycles. The van der Waals surface area contributed by atoms with Crippen LogP contribution in [0, 0.1) is 0 Å². The Hall–Kier alpha value is -0.480. The summed E-state index contributed by atoms with van der Waals surface area (Å²) in [6, 6.07) is 0. The molecule has 0 saturated heterocycles. The van der Waals surface area contributed by atoms with Gasteiger partial charge in [0.25, 0.3) is 0 Å². The van der Waals surface area contributed by atoms with Crippen LogP contribution in [0.5, 0.6) is 0 Å². The van der Waals surface area contributed by atoms with Gasteiger partial charge >= 0.3 is 0 Å². The molecule has 0 unspecified atom stereocenters. The Morgan fingerprint density at radius 2 is 2.20 bits per heavy atom. The third-order valence-electron chi connectivity index (χ3n) is 2.84. The van der Waals surface area contributed by atoms with Crippen molar-refractivity contribution in [2.75, 3.05) is 7.11 Å². The van der Waals surface area contributed by atoms with E-state index in [2.05, 4.69) is 25.9 Å². The molecule has 82 valence electrons. The van der Waals surface area contributed by atoms with Crippen molar-refractivity contribution < 1.29 is 4.74 Å². The Balaban J connectivity index is 2.21. The molecule has 2 rings (SSSR count). The molecule has 1 aliphatic carbocycles. The third-order valence-corrected chi connectivity index (χ3v) is 3.50. The predicted molar refractivity (Wildman–Crippen MR) is 61.7 cm³/mol. The fourth-order valence-electron chi connectivity index (χ4n) is 2.04. The maximum atomic E-state index is 5.11. The summed E-state index contributed by atoms with van der Waals surface area (Å²) in [6.07, 6.45) is 6.92. The van der Waals surface area contributed by atoms with Crippen LogP contribution in [0.2, 0.25) is 0 Å². The fraction of sp³-hybridized carbons (Fsp3) is 0.636. The van der Waals surface area contributed by atoms with E-state index in [1.54, 1.807) is 7.11 Å². The summed E-state index contributed by atoms with van der Waals surface area (Å²) in [6.45, 7) is 0.544. The molecule has 0 atom stereocenters. The second kappa shape index (κ2) is 5.03. The van der Waals surface area contributed by atoms with Gasteiger partial charge in [0, 0.05) is 19.2 Å². The number of hydrogen-bond donors (Lipinski definition) is 0. The molecular formula is C11H15BrN2O. The normalized spacial score (nSPS) is 17.2. The van der Waals surface area contributed by atoms with E-state index in [0.29, 0.717) is 12.5 Å². The molecule has 1 aliphatic rings. The first kappa shape index (κ1) is 11.0. The van der Waals surface area contributed by atoms with Crippen LogP contribution in [-0.4, -0.2) is 17.1 Å². The summed E-state index contributed by atoms with van der Waals surface area (Å²) in [5, 5.41) is 0. The molecule has 15 heavy (non-hydrogen) atoms. The summed E-state index contributed by atoms with van der Waals surface area (Å²) in [7, 11) is 1.68. The second-order valence-electron chi connectivity index (χ2n) is 3.94. The van der Waals surface area contributed by atoms with Gasteiger partial charge in [0.2, 0.25) is 0 Å². The minimum absolute atomic E-state index is 0.544. The van der Waals surface area contributed by atoms with Crippen LogP contribution in [-0.2, 0) is 11.3 Å². The number of hydrogen-bond acceptors (Lipinski definition) is 3. The van der Waals surface area contributed by atoms with Crippen molar-refractivity contribution in [2.24, 2.45) is 0 Å². The zero-order valence-electron chi connectivity index (χ0n) is 8.87. The maximum Gasteiger partial charge on any atom is 0.131 e. The highest BCUT2D eigenvalue weighted by Gasteiger charge is 2.20. The number of methoxy groups -OCH3 is 1. The Morgan fingerprint density at radius 1 is 1.47 bits per heavy atom. The van der Waals surface area contributed by atoms with E-state index >= 15 is 0 Å². The number of nitrogens with zero attached hydrogens (tertiary/aromatic N) is 2. The van der Waals surface area contributed by atoms with E-state index in [4.69, 9.17) is 4.74 Å². The Bertz CT molecular complexity index is 337. The van der Waals surface area contributed by atoms with Crippen LogP contribution < -0.4 is 0 Å². The van der Waals surface area contributed by atoms with Gasteiger partial charge in [-0.1, -0.05) is 12.8 Å². The molecule has 0 bridgehead atoms. The molecule has 0 amide bonds. The van der Waals surface area contributed by atoms with E-state index in [-0.39, 0.29) is 0 Å². The van der Waals surface area contributed by atoms with Gasteiger partial charge in [-0.3, -0.25) is 0 Å². The van der Waals surface area contributed by atoms with Crippen molar-refractivity contribution >= 4 is 15.9 Å². The van der Waals surface area contributed by atoms with Gasteiger partial charge in [0.1, 0.15) is 5.82 Å². The molecule has 0 aromatic carbocycles. The van der Waals surface area contributed by atoms with Crippen LogP contribution >= 0.6 is 15.9 Å². The highest BCUT2D eigenvalue weighted by atomic mass is 79.9. The monoisotopic (exact) mass is 270 g/mol. The number of aromatic nitrogens is 2. The summed E-state index contributed by atoms with van der Waals surface area (Å²) in [5.41, 5.74) is 0.953. The molecular weight excluding hydrogens is 256 g/mol. The molecule has 1 aromatic heterocycles. The third kappa shape index (κ3) is 2.55. The summed E-state index contributed by atoms with van der Waals surface area (Å²) < 4.78 is 6.04. The predicted octanol–water partition coefficient (Wildman–Crippen LogP) is 3.04. The van der Waals surface area contributed by atoms with Crippen LogP contribution in [0.1, 0.15) is 43.1 Å². The molecule has 1 aromatic rings. The van der Waals surface area contributed by atoms with Crippen LogP contribution in [0.4, 0.5) is 0 Å². The Morgan fingerprint density at radius 3 is 2.87 bits per heavy atom. The van der Waals surface area contributed by atoms with Gasteiger partial charge in [-0.15, -0.1) is 0 Å². The van der Waals surface area contributed by atoms with E-state index in [1.165, 1.54) is 25.7 Å². The van der Waals surface area contributed by atoms with E-state index in [1.807, 2.05) is 6.20 Å². The SMILES string of the molecule is COCc1nc(C2CCCC2)ncc1Br. The van der Waals surface area contributed by atoms with Gasteiger partial charge < -0.3 is 4.74 Å². The minimum Gasteiger partial charge on any atom is -0.378 e. The minimum atomic E-state index is 0.544. The zero-order chi connectivity index (χ0) is 10.7.